The molecular formula is C20H34FIN4O2. The smallest absolute Gasteiger partial charge is 0.224 e. The number of guanidine groups is 1. The molecule has 0 bridgehead atoms. The van der Waals surface area contributed by atoms with E-state index in [1.165, 1.54) is 12.1 Å². The third-order valence-electron chi connectivity index (χ3n) is 3.72. The normalized spacial score (nSPS) is 10.9. The standard InChI is InChI=1S/C20H33FN4O2.HI/c1-3-5-14-27-15-6-11-24-20(22-4-2)25-13-12-23-19(26)16-17-7-9-18(21)10-8-17;/h7-10H,3-6,11-16H2,1-2H3,(H,23,26)(H2,22,24,25);1H. The van der Waals surface area contributed by atoms with Crippen LogP contribution in [0.25, 0.3) is 0 Å². The van der Waals surface area contributed by atoms with Gasteiger partial charge in [-0.25, -0.2) is 4.39 Å². The molecule has 1 rings (SSSR count). The summed E-state index contributed by atoms with van der Waals surface area (Å²) in [5, 5.41) is 9.21. The molecule has 0 aliphatic heterocycles. The Labute approximate surface area is 185 Å². The van der Waals surface area contributed by atoms with Crippen molar-refractivity contribution < 1.29 is 13.9 Å². The van der Waals surface area contributed by atoms with Crippen LogP contribution in [0.3, 0.4) is 0 Å². The van der Waals surface area contributed by atoms with Crippen LogP contribution in [0.1, 0.15) is 38.7 Å². The van der Waals surface area contributed by atoms with Gasteiger partial charge in [0, 0.05) is 39.4 Å². The van der Waals surface area contributed by atoms with E-state index in [0.29, 0.717) is 19.6 Å². The molecule has 0 saturated heterocycles. The fourth-order valence-corrected chi connectivity index (χ4v) is 2.28. The first-order valence-corrected chi connectivity index (χ1v) is 9.76. The lowest BCUT2D eigenvalue weighted by atomic mass is 10.1. The molecule has 0 atom stereocenters. The maximum absolute atomic E-state index is 12.9. The number of halogens is 2. The molecule has 1 aromatic rings. The predicted molar refractivity (Wildman–Crippen MR) is 123 cm³/mol. The van der Waals surface area contributed by atoms with Crippen molar-refractivity contribution in [3.8, 4) is 0 Å². The number of rotatable bonds is 13. The molecule has 1 aromatic carbocycles. The van der Waals surface area contributed by atoms with Gasteiger partial charge >= 0.3 is 0 Å². The van der Waals surface area contributed by atoms with Crippen molar-refractivity contribution in [3.63, 3.8) is 0 Å². The minimum absolute atomic E-state index is 0. The average molecular weight is 508 g/mol. The Balaban J connectivity index is 0.00000729. The molecule has 160 valence electrons. The highest BCUT2D eigenvalue weighted by atomic mass is 127. The topological polar surface area (TPSA) is 74.8 Å². The number of amides is 1. The van der Waals surface area contributed by atoms with E-state index >= 15 is 0 Å². The van der Waals surface area contributed by atoms with Crippen molar-refractivity contribution in [3.05, 3.63) is 35.6 Å². The second kappa shape index (κ2) is 17.7. The second-order valence-corrected chi connectivity index (χ2v) is 6.16. The first-order valence-electron chi connectivity index (χ1n) is 9.76. The van der Waals surface area contributed by atoms with E-state index in [1.807, 2.05) is 6.92 Å². The van der Waals surface area contributed by atoms with Crippen LogP contribution in [0.4, 0.5) is 4.39 Å². The fourth-order valence-electron chi connectivity index (χ4n) is 2.28. The maximum Gasteiger partial charge on any atom is 0.224 e. The molecule has 6 nitrogen and oxygen atoms in total. The summed E-state index contributed by atoms with van der Waals surface area (Å²) in [6.45, 7) is 8.23. The largest absolute Gasteiger partial charge is 0.381 e. The molecule has 0 fully saturated rings. The molecule has 1 amide bonds. The van der Waals surface area contributed by atoms with E-state index in [-0.39, 0.29) is 42.1 Å². The number of carbonyl (C=O) groups excluding carboxylic acids is 1. The van der Waals surface area contributed by atoms with Crippen molar-refractivity contribution in [1.82, 2.24) is 16.0 Å². The molecule has 0 unspecified atom stereocenters. The quantitative estimate of drug-likeness (QED) is 0.166. The molecule has 0 spiro atoms. The van der Waals surface area contributed by atoms with E-state index in [2.05, 4.69) is 27.9 Å². The molecule has 0 aliphatic rings. The van der Waals surface area contributed by atoms with Crippen LogP contribution in [0.2, 0.25) is 0 Å². The molecule has 0 aliphatic carbocycles. The van der Waals surface area contributed by atoms with E-state index in [9.17, 15) is 9.18 Å². The molecule has 0 aromatic heterocycles. The average Bonchev–Trinajstić information content (AvgIpc) is 2.66. The lowest BCUT2D eigenvalue weighted by Crippen LogP contribution is -2.41. The third kappa shape index (κ3) is 13.7. The Morgan fingerprint density at radius 2 is 1.71 bits per heavy atom. The Bertz CT molecular complexity index is 556. The van der Waals surface area contributed by atoms with Crippen LogP contribution in [-0.2, 0) is 16.0 Å². The van der Waals surface area contributed by atoms with Crippen molar-refractivity contribution in [1.29, 1.82) is 0 Å². The molecule has 28 heavy (non-hydrogen) atoms. The zero-order valence-electron chi connectivity index (χ0n) is 16.9. The molecule has 0 heterocycles. The van der Waals surface area contributed by atoms with Gasteiger partial charge in [0.1, 0.15) is 5.82 Å². The molecule has 0 radical (unpaired) electrons. The van der Waals surface area contributed by atoms with Gasteiger partial charge in [-0.1, -0.05) is 25.5 Å². The van der Waals surface area contributed by atoms with Gasteiger partial charge in [0.25, 0.3) is 0 Å². The van der Waals surface area contributed by atoms with Crippen molar-refractivity contribution in [2.45, 2.75) is 39.5 Å². The van der Waals surface area contributed by atoms with Gasteiger partial charge in [-0.3, -0.25) is 9.79 Å². The van der Waals surface area contributed by atoms with Gasteiger partial charge < -0.3 is 20.7 Å². The second-order valence-electron chi connectivity index (χ2n) is 6.16. The molecule has 3 N–H and O–H groups in total. The van der Waals surface area contributed by atoms with E-state index < -0.39 is 0 Å². The van der Waals surface area contributed by atoms with Gasteiger partial charge in [0.15, 0.2) is 5.96 Å². The van der Waals surface area contributed by atoms with E-state index in [0.717, 1.165) is 50.5 Å². The summed E-state index contributed by atoms with van der Waals surface area (Å²) in [5.74, 6) is 0.347. The van der Waals surface area contributed by atoms with Gasteiger partial charge in [-0.05, 0) is 37.5 Å². The summed E-state index contributed by atoms with van der Waals surface area (Å²) in [4.78, 5) is 16.4. The highest BCUT2D eigenvalue weighted by molar-refractivity contribution is 14.0. The van der Waals surface area contributed by atoms with Gasteiger partial charge in [0.2, 0.25) is 5.91 Å². The van der Waals surface area contributed by atoms with Crippen molar-refractivity contribution in [2.75, 3.05) is 39.4 Å². The third-order valence-corrected chi connectivity index (χ3v) is 3.72. The number of nitrogens with zero attached hydrogens (tertiary/aromatic N) is 1. The first kappa shape index (κ1) is 26.6. The highest BCUT2D eigenvalue weighted by Gasteiger charge is 2.03. The number of nitrogens with one attached hydrogen (secondary N) is 3. The molecular weight excluding hydrogens is 474 g/mol. The minimum atomic E-state index is -0.300. The van der Waals surface area contributed by atoms with Crippen LogP contribution in [0.5, 0.6) is 0 Å². The number of aliphatic imine (C=N–C) groups is 1. The number of carbonyl (C=O) groups is 1. The van der Waals surface area contributed by atoms with Gasteiger partial charge in [-0.15, -0.1) is 24.0 Å². The van der Waals surface area contributed by atoms with Gasteiger partial charge in [-0.2, -0.15) is 0 Å². The van der Waals surface area contributed by atoms with Crippen LogP contribution >= 0.6 is 24.0 Å². The fraction of sp³-hybridized carbons (Fsp3) is 0.600. The van der Waals surface area contributed by atoms with E-state index in [4.69, 9.17) is 4.74 Å². The van der Waals surface area contributed by atoms with Crippen molar-refractivity contribution >= 4 is 35.8 Å². The lowest BCUT2D eigenvalue weighted by molar-refractivity contribution is -0.120. The summed E-state index contributed by atoms with van der Waals surface area (Å²) in [5.41, 5.74) is 0.790. The van der Waals surface area contributed by atoms with Crippen LogP contribution in [-0.4, -0.2) is 51.3 Å². The van der Waals surface area contributed by atoms with Gasteiger partial charge in [0.05, 0.1) is 6.42 Å². The molecule has 8 heteroatoms. The highest BCUT2D eigenvalue weighted by Crippen LogP contribution is 2.03. The predicted octanol–water partition coefficient (Wildman–Crippen LogP) is 2.86. The summed E-state index contributed by atoms with van der Waals surface area (Å²) in [7, 11) is 0. The Hall–Kier alpha value is -1.42. The number of unbranched alkanes of at least 4 members (excludes halogenated alkanes) is 1. The maximum atomic E-state index is 12.9. The lowest BCUT2D eigenvalue weighted by Gasteiger charge is -2.12. The van der Waals surface area contributed by atoms with Crippen LogP contribution < -0.4 is 16.0 Å². The Morgan fingerprint density at radius 1 is 1.04 bits per heavy atom. The monoisotopic (exact) mass is 508 g/mol. The summed E-state index contributed by atoms with van der Waals surface area (Å²) in [6, 6.07) is 5.96. The summed E-state index contributed by atoms with van der Waals surface area (Å²) < 4.78 is 18.4. The van der Waals surface area contributed by atoms with Crippen LogP contribution in [0.15, 0.2) is 29.3 Å². The Morgan fingerprint density at radius 3 is 2.39 bits per heavy atom. The minimum Gasteiger partial charge on any atom is -0.381 e. The first-order chi connectivity index (χ1) is 13.2. The molecule has 0 saturated carbocycles. The Kier molecular flexibility index (Phi) is 16.8. The summed E-state index contributed by atoms with van der Waals surface area (Å²) >= 11 is 0. The summed E-state index contributed by atoms with van der Waals surface area (Å²) in [6.07, 6.45) is 3.37. The zero-order chi connectivity index (χ0) is 19.7. The number of hydrogen-bond donors (Lipinski definition) is 3. The SMILES string of the molecule is CCCCOCCCN=C(NCC)NCCNC(=O)Cc1ccc(F)cc1.I. The zero-order valence-corrected chi connectivity index (χ0v) is 19.3. The number of ether oxygens (including phenoxy) is 1. The number of hydrogen-bond acceptors (Lipinski definition) is 3. The van der Waals surface area contributed by atoms with Crippen molar-refractivity contribution in [2.24, 2.45) is 4.99 Å². The van der Waals surface area contributed by atoms with E-state index in [1.54, 1.807) is 12.1 Å². The van der Waals surface area contributed by atoms with Crippen LogP contribution in [0, 0.1) is 5.82 Å². The number of benzene rings is 1.